The van der Waals surface area contributed by atoms with Crippen molar-refractivity contribution in [1.29, 1.82) is 0 Å². The van der Waals surface area contributed by atoms with E-state index in [9.17, 15) is 29.1 Å². The Hall–Kier alpha value is -0.820. The Morgan fingerprint density at radius 3 is 1.62 bits per heavy atom. The molecule has 10 atom stereocenters. The standard InChI is InChI=1S/C24H20Cl6N4O12P2/c25-7-1-11-13(3-9(7)27)33(23(29)31-11)21-18(36)19-16(44-21)6-42-48(39,40)46-20-17(35)15(5-41-47(37,38)45-19)43-22(20)34-14-4-10(28)8(26)2-12(14)32-24(34)30/h1-4,15-22,35-36H,5-6H2,(H,37,38)(H,39,40)/t15-,16-,17?,18?,19+,20+,21-,22-/m1/s1. The number of aromatic nitrogens is 4. The van der Waals surface area contributed by atoms with Crippen LogP contribution in [-0.4, -0.2) is 88.9 Å². The lowest BCUT2D eigenvalue weighted by Crippen LogP contribution is -2.36. The van der Waals surface area contributed by atoms with Crippen molar-refractivity contribution in [3.8, 4) is 0 Å². The zero-order valence-corrected chi connectivity index (χ0v) is 29.7. The molecule has 2 aromatic heterocycles. The summed E-state index contributed by atoms with van der Waals surface area (Å²) < 4.78 is 61.9. The molecule has 0 aliphatic carbocycles. The lowest BCUT2D eigenvalue weighted by Gasteiger charge is -2.26. The molecule has 4 aromatic rings. The minimum absolute atomic E-state index is 0.109. The van der Waals surface area contributed by atoms with Gasteiger partial charge in [-0.1, -0.05) is 46.4 Å². The van der Waals surface area contributed by atoms with Crippen LogP contribution < -0.4 is 0 Å². The summed E-state index contributed by atoms with van der Waals surface area (Å²) in [4.78, 5) is 29.9. The number of ether oxygens (including phenoxy) is 2. The normalized spacial score (nSPS) is 36.2. The maximum atomic E-state index is 13.3. The van der Waals surface area contributed by atoms with Gasteiger partial charge in [-0.25, -0.2) is 19.1 Å². The Bertz CT molecular complexity index is 2040. The number of aliphatic hydroxyl groups excluding tert-OH is 2. The average molecular weight is 831 g/mol. The number of fused-ring (bicyclic) bond motifs is 5. The molecule has 24 heteroatoms. The van der Waals surface area contributed by atoms with Gasteiger partial charge in [-0.15, -0.1) is 0 Å². The third-order valence-corrected chi connectivity index (χ3v) is 11.8. The van der Waals surface area contributed by atoms with Crippen molar-refractivity contribution >= 4 is 107 Å². The predicted molar refractivity (Wildman–Crippen MR) is 171 cm³/mol. The van der Waals surface area contributed by atoms with Crippen molar-refractivity contribution in [2.24, 2.45) is 0 Å². The summed E-state index contributed by atoms with van der Waals surface area (Å²) in [5.41, 5.74) is 1.03. The summed E-state index contributed by atoms with van der Waals surface area (Å²) >= 11 is 37.4. The van der Waals surface area contributed by atoms with Crippen molar-refractivity contribution in [3.63, 3.8) is 0 Å². The first-order valence-electron chi connectivity index (χ1n) is 13.6. The van der Waals surface area contributed by atoms with Gasteiger partial charge in [0.1, 0.15) is 36.6 Å². The van der Waals surface area contributed by atoms with Gasteiger partial charge in [0, 0.05) is 0 Å². The SMILES string of the molecule is O=P1(O)OC[C@H]2O[C@@H](n3c(Cl)nc4cc(Cl)c(Cl)cc43)[C@@H](OP(=O)(O)OC[C@H]3O[C@@H](n4c(Cl)nc5cc(Cl)c(Cl)cc54)C(O)[C@H]3O1)C2O. The number of hydrogen-bond acceptors (Lipinski definition) is 12. The van der Waals surface area contributed by atoms with E-state index in [-0.39, 0.29) is 52.7 Å². The van der Waals surface area contributed by atoms with Gasteiger partial charge in [0.15, 0.2) is 12.5 Å². The van der Waals surface area contributed by atoms with Gasteiger partial charge in [0.2, 0.25) is 10.6 Å². The molecular formula is C24H20Cl6N4O12P2. The molecule has 3 aliphatic heterocycles. The van der Waals surface area contributed by atoms with E-state index in [2.05, 4.69) is 9.97 Å². The van der Waals surface area contributed by atoms with Crippen LogP contribution in [0.25, 0.3) is 22.1 Å². The van der Waals surface area contributed by atoms with E-state index in [1.165, 1.54) is 33.4 Å². The first-order valence-corrected chi connectivity index (χ1v) is 18.8. The van der Waals surface area contributed by atoms with Crippen LogP contribution in [-0.2, 0) is 36.7 Å². The van der Waals surface area contributed by atoms with Crippen LogP contribution in [0.3, 0.4) is 0 Å². The molecule has 3 fully saturated rings. The second-order valence-electron chi connectivity index (χ2n) is 10.8. The zero-order valence-electron chi connectivity index (χ0n) is 23.3. The summed E-state index contributed by atoms with van der Waals surface area (Å²) in [6.07, 6.45) is -12.9. The smallest absolute Gasteiger partial charge is 0.387 e. The van der Waals surface area contributed by atoms with Gasteiger partial charge in [-0.2, -0.15) is 0 Å². The molecular weight excluding hydrogens is 811 g/mol. The first-order chi connectivity index (χ1) is 22.5. The van der Waals surface area contributed by atoms with Crippen LogP contribution in [0.2, 0.25) is 30.7 Å². The maximum absolute atomic E-state index is 13.3. The largest absolute Gasteiger partial charge is 0.472 e. The predicted octanol–water partition coefficient (Wildman–Crippen LogP) is 5.54. The highest BCUT2D eigenvalue weighted by Crippen LogP contribution is 2.54. The summed E-state index contributed by atoms with van der Waals surface area (Å²) in [6.45, 7) is -1.67. The monoisotopic (exact) mass is 828 g/mol. The van der Waals surface area contributed by atoms with Crippen LogP contribution in [0.15, 0.2) is 24.3 Å². The van der Waals surface area contributed by atoms with Crippen molar-refractivity contribution in [1.82, 2.24) is 19.1 Å². The molecule has 4 unspecified atom stereocenters. The van der Waals surface area contributed by atoms with Crippen molar-refractivity contribution in [2.75, 3.05) is 13.2 Å². The Balaban J connectivity index is 1.22. The molecule has 48 heavy (non-hydrogen) atoms. The lowest BCUT2D eigenvalue weighted by molar-refractivity contribution is -0.0669. The van der Waals surface area contributed by atoms with Crippen molar-refractivity contribution < 1.29 is 56.7 Å². The number of aliphatic hydroxyl groups is 2. The summed E-state index contributed by atoms with van der Waals surface area (Å²) in [7, 11) is -10.2. The van der Waals surface area contributed by atoms with Gasteiger partial charge in [-0.3, -0.25) is 27.2 Å². The zero-order chi connectivity index (χ0) is 34.4. The summed E-state index contributed by atoms with van der Waals surface area (Å²) in [5.74, 6) is 0. The fourth-order valence-corrected chi connectivity index (χ4v) is 8.77. The number of hydrogen-bond donors (Lipinski definition) is 4. The molecule has 0 saturated carbocycles. The molecule has 260 valence electrons. The van der Waals surface area contributed by atoms with E-state index in [4.69, 9.17) is 97.2 Å². The van der Waals surface area contributed by atoms with E-state index in [1.54, 1.807) is 0 Å². The molecule has 0 amide bonds. The van der Waals surface area contributed by atoms with Crippen LogP contribution in [0.1, 0.15) is 12.5 Å². The second kappa shape index (κ2) is 13.0. The number of benzene rings is 2. The highest BCUT2D eigenvalue weighted by molar-refractivity contribution is 7.47. The van der Waals surface area contributed by atoms with Gasteiger partial charge in [0.05, 0.1) is 55.4 Å². The van der Waals surface area contributed by atoms with Crippen LogP contribution in [0.4, 0.5) is 0 Å². The van der Waals surface area contributed by atoms with Gasteiger partial charge in [-0.05, 0) is 47.5 Å². The van der Waals surface area contributed by atoms with Crippen LogP contribution in [0.5, 0.6) is 0 Å². The topological polar surface area (TPSA) is 206 Å². The molecule has 7 rings (SSSR count). The van der Waals surface area contributed by atoms with Crippen LogP contribution in [0, 0.1) is 0 Å². The summed E-state index contributed by atoms with van der Waals surface area (Å²) in [5, 5.41) is 22.6. The Morgan fingerprint density at radius 1 is 0.646 bits per heavy atom. The number of phosphoric acid groups is 2. The van der Waals surface area contributed by atoms with Crippen molar-refractivity contribution in [3.05, 3.63) is 54.9 Å². The fraction of sp³-hybridized carbons (Fsp3) is 0.417. The molecule has 3 saturated heterocycles. The number of nitrogens with zero attached hydrogens (tertiary/aromatic N) is 4. The fourth-order valence-electron chi connectivity index (χ4n) is 5.68. The van der Waals surface area contributed by atoms with Gasteiger partial charge < -0.3 is 29.5 Å². The van der Waals surface area contributed by atoms with E-state index in [1.807, 2.05) is 0 Å². The molecule has 2 bridgehead atoms. The first kappa shape index (κ1) is 35.6. The maximum Gasteiger partial charge on any atom is 0.472 e. The van der Waals surface area contributed by atoms with E-state index in [0.29, 0.717) is 0 Å². The highest BCUT2D eigenvalue weighted by Gasteiger charge is 2.54. The Labute approximate surface area is 299 Å². The molecule has 16 nitrogen and oxygen atoms in total. The Kier molecular flexibility index (Phi) is 9.63. The number of halogens is 6. The number of phosphoric ester groups is 2. The summed E-state index contributed by atoms with van der Waals surface area (Å²) in [6, 6.07) is 5.64. The molecule has 0 spiro atoms. The average Bonchev–Trinajstić information content (AvgIpc) is 3.67. The second-order valence-corrected chi connectivity index (χ2v) is 15.9. The quantitative estimate of drug-likeness (QED) is 0.183. The van der Waals surface area contributed by atoms with Gasteiger partial charge >= 0.3 is 15.6 Å². The minimum atomic E-state index is -5.14. The van der Waals surface area contributed by atoms with E-state index in [0.717, 1.165) is 0 Å². The molecule has 3 aliphatic rings. The number of rotatable bonds is 2. The third-order valence-electron chi connectivity index (χ3n) is 7.82. The molecule has 5 heterocycles. The minimum Gasteiger partial charge on any atom is -0.387 e. The van der Waals surface area contributed by atoms with Crippen molar-refractivity contribution in [2.45, 2.75) is 49.1 Å². The molecule has 4 N–H and O–H groups in total. The third kappa shape index (κ3) is 6.42. The van der Waals surface area contributed by atoms with Gasteiger partial charge in [0.25, 0.3) is 0 Å². The highest BCUT2D eigenvalue weighted by atomic mass is 35.5. The van der Waals surface area contributed by atoms with E-state index >= 15 is 0 Å². The Morgan fingerprint density at radius 2 is 1.08 bits per heavy atom. The van der Waals surface area contributed by atoms with E-state index < -0.39 is 77.9 Å². The lowest BCUT2D eigenvalue weighted by atomic mass is 10.1. The number of imidazole rings is 2. The molecule has 2 aromatic carbocycles. The molecule has 0 radical (unpaired) electrons. The van der Waals surface area contributed by atoms with Crippen LogP contribution >= 0.6 is 85.3 Å².